The van der Waals surface area contributed by atoms with Crippen LogP contribution in [-0.2, 0) is 9.05 Å². The van der Waals surface area contributed by atoms with Crippen molar-refractivity contribution in [3.8, 4) is 0 Å². The number of pyridine rings is 1. The van der Waals surface area contributed by atoms with E-state index in [9.17, 15) is 8.42 Å². The highest BCUT2D eigenvalue weighted by atomic mass is 35.7. The molecule has 4 nitrogen and oxygen atoms in total. The Morgan fingerprint density at radius 3 is 2.79 bits per heavy atom. The standard InChI is InChI=1S/C7H4Cl2N2O2S/c8-4-3-11-7-6(4)5(1-2-10-7)14(9,12)13/h1-3H,(H,10,11). The Labute approximate surface area is 89.3 Å². The molecule has 14 heavy (non-hydrogen) atoms. The second kappa shape index (κ2) is 3.12. The lowest BCUT2D eigenvalue weighted by Gasteiger charge is -1.97. The summed E-state index contributed by atoms with van der Waals surface area (Å²) in [5.41, 5.74) is 0.400. The maximum atomic E-state index is 11.2. The van der Waals surface area contributed by atoms with Gasteiger partial charge in [-0.05, 0) is 6.07 Å². The number of aromatic nitrogens is 2. The van der Waals surface area contributed by atoms with Gasteiger partial charge in [-0.1, -0.05) is 11.6 Å². The number of aromatic amines is 1. The van der Waals surface area contributed by atoms with Gasteiger partial charge in [0.2, 0.25) is 0 Å². The summed E-state index contributed by atoms with van der Waals surface area (Å²) in [4.78, 5) is 6.62. The van der Waals surface area contributed by atoms with Gasteiger partial charge in [0.05, 0.1) is 15.3 Å². The minimum absolute atomic E-state index is 0.0320. The van der Waals surface area contributed by atoms with Crippen LogP contribution >= 0.6 is 22.3 Å². The number of halogens is 2. The molecule has 0 amide bonds. The van der Waals surface area contributed by atoms with Crippen LogP contribution in [0.15, 0.2) is 23.4 Å². The van der Waals surface area contributed by atoms with Crippen LogP contribution < -0.4 is 0 Å². The largest absolute Gasteiger partial charge is 0.345 e. The first-order chi connectivity index (χ1) is 6.50. The van der Waals surface area contributed by atoms with Gasteiger partial charge < -0.3 is 4.98 Å². The Balaban J connectivity index is 2.96. The van der Waals surface area contributed by atoms with E-state index in [-0.39, 0.29) is 9.92 Å². The molecule has 0 bridgehead atoms. The third-order valence-electron chi connectivity index (χ3n) is 1.75. The summed E-state index contributed by atoms with van der Waals surface area (Å²) in [7, 11) is 1.44. The molecule has 0 fully saturated rings. The van der Waals surface area contributed by atoms with Gasteiger partial charge >= 0.3 is 0 Å². The fraction of sp³-hybridized carbons (Fsp3) is 0. The molecule has 0 atom stereocenters. The minimum atomic E-state index is -3.79. The number of hydrogen-bond acceptors (Lipinski definition) is 3. The molecule has 74 valence electrons. The van der Waals surface area contributed by atoms with E-state index < -0.39 is 9.05 Å². The molecule has 0 unspecified atom stereocenters. The molecule has 0 saturated heterocycles. The first kappa shape index (κ1) is 9.76. The minimum Gasteiger partial charge on any atom is -0.345 e. The van der Waals surface area contributed by atoms with Crippen LogP contribution in [0.2, 0.25) is 5.02 Å². The molecule has 7 heteroatoms. The average Bonchev–Trinajstić information content (AvgIpc) is 2.46. The lowest BCUT2D eigenvalue weighted by atomic mass is 10.3. The zero-order chi connectivity index (χ0) is 10.3. The maximum Gasteiger partial charge on any atom is 0.262 e. The van der Waals surface area contributed by atoms with Crippen LogP contribution in [0.3, 0.4) is 0 Å². The first-order valence-corrected chi connectivity index (χ1v) is 6.25. The molecule has 2 heterocycles. The molecule has 2 aromatic heterocycles. The smallest absolute Gasteiger partial charge is 0.262 e. The highest BCUT2D eigenvalue weighted by Crippen LogP contribution is 2.29. The third kappa shape index (κ3) is 1.47. The van der Waals surface area contributed by atoms with Crippen molar-refractivity contribution in [2.45, 2.75) is 4.90 Å². The van der Waals surface area contributed by atoms with Crippen LogP contribution in [0.4, 0.5) is 0 Å². The van der Waals surface area contributed by atoms with E-state index >= 15 is 0 Å². The van der Waals surface area contributed by atoms with Gasteiger partial charge in [-0.25, -0.2) is 13.4 Å². The second-order valence-corrected chi connectivity index (χ2v) is 5.55. The molecule has 0 spiro atoms. The van der Waals surface area contributed by atoms with Crippen molar-refractivity contribution in [2.24, 2.45) is 0 Å². The zero-order valence-corrected chi connectivity index (χ0v) is 8.99. The van der Waals surface area contributed by atoms with E-state index in [0.29, 0.717) is 11.0 Å². The number of hydrogen-bond donors (Lipinski definition) is 1. The summed E-state index contributed by atoms with van der Waals surface area (Å²) in [6.07, 6.45) is 2.81. The Morgan fingerprint density at radius 1 is 1.43 bits per heavy atom. The van der Waals surface area contributed by atoms with Crippen molar-refractivity contribution in [3.05, 3.63) is 23.5 Å². The molecule has 0 aromatic carbocycles. The van der Waals surface area contributed by atoms with Crippen molar-refractivity contribution >= 4 is 42.4 Å². The Morgan fingerprint density at radius 2 is 2.14 bits per heavy atom. The van der Waals surface area contributed by atoms with Gasteiger partial charge in [-0.2, -0.15) is 0 Å². The van der Waals surface area contributed by atoms with E-state index in [1.165, 1.54) is 18.5 Å². The number of fused-ring (bicyclic) bond motifs is 1. The predicted octanol–water partition coefficient (Wildman–Crippen LogP) is 2.14. The molecular formula is C7H4Cl2N2O2S. The van der Waals surface area contributed by atoms with Gasteiger partial charge in [0.15, 0.2) is 0 Å². The lowest BCUT2D eigenvalue weighted by molar-refractivity contribution is 0.610. The summed E-state index contributed by atoms with van der Waals surface area (Å²) < 4.78 is 22.3. The summed E-state index contributed by atoms with van der Waals surface area (Å²) >= 11 is 5.79. The van der Waals surface area contributed by atoms with Crippen LogP contribution in [0.1, 0.15) is 0 Å². The van der Waals surface area contributed by atoms with E-state index in [1.807, 2.05) is 0 Å². The van der Waals surface area contributed by atoms with Crippen LogP contribution in [-0.4, -0.2) is 18.4 Å². The number of H-pyrrole nitrogens is 1. The number of nitrogens with one attached hydrogen (secondary N) is 1. The molecule has 1 N–H and O–H groups in total. The van der Waals surface area contributed by atoms with Crippen LogP contribution in [0.25, 0.3) is 11.0 Å². The van der Waals surface area contributed by atoms with Crippen molar-refractivity contribution in [3.63, 3.8) is 0 Å². The normalized spacial score (nSPS) is 12.1. The molecule has 2 rings (SSSR count). The molecule has 0 saturated carbocycles. The first-order valence-electron chi connectivity index (χ1n) is 3.56. The number of rotatable bonds is 1. The van der Waals surface area contributed by atoms with E-state index in [2.05, 4.69) is 9.97 Å². The molecule has 0 aliphatic rings. The summed E-state index contributed by atoms with van der Waals surface area (Å²) in [6, 6.07) is 1.31. The number of nitrogens with zero attached hydrogens (tertiary/aromatic N) is 1. The summed E-state index contributed by atoms with van der Waals surface area (Å²) in [6.45, 7) is 0. The monoisotopic (exact) mass is 250 g/mol. The van der Waals surface area contributed by atoms with Gasteiger partial charge in [0.25, 0.3) is 9.05 Å². The zero-order valence-electron chi connectivity index (χ0n) is 6.66. The summed E-state index contributed by atoms with van der Waals surface area (Å²) in [5.74, 6) is 0. The maximum absolute atomic E-state index is 11.2. The van der Waals surface area contributed by atoms with Gasteiger partial charge in [0, 0.05) is 23.1 Å². The Hall–Kier alpha value is -0.780. The highest BCUT2D eigenvalue weighted by Gasteiger charge is 2.17. The van der Waals surface area contributed by atoms with Gasteiger partial charge in [-0.15, -0.1) is 0 Å². The van der Waals surface area contributed by atoms with Crippen molar-refractivity contribution < 1.29 is 8.42 Å². The summed E-state index contributed by atoms with van der Waals surface area (Å²) in [5, 5.41) is 0.608. The Bertz CT molecular complexity index is 591. The van der Waals surface area contributed by atoms with Gasteiger partial charge in [0.1, 0.15) is 5.65 Å². The van der Waals surface area contributed by atoms with Crippen molar-refractivity contribution in [2.75, 3.05) is 0 Å². The topological polar surface area (TPSA) is 62.8 Å². The predicted molar refractivity (Wildman–Crippen MR) is 54.1 cm³/mol. The van der Waals surface area contributed by atoms with Crippen LogP contribution in [0.5, 0.6) is 0 Å². The fourth-order valence-corrected chi connectivity index (χ4v) is 2.55. The second-order valence-electron chi connectivity index (χ2n) is 2.61. The fourth-order valence-electron chi connectivity index (χ4n) is 1.19. The van der Waals surface area contributed by atoms with Gasteiger partial charge in [-0.3, -0.25) is 0 Å². The van der Waals surface area contributed by atoms with Crippen molar-refractivity contribution in [1.82, 2.24) is 9.97 Å². The molecule has 0 aliphatic carbocycles. The molecule has 0 aliphatic heterocycles. The Kier molecular flexibility index (Phi) is 2.17. The lowest BCUT2D eigenvalue weighted by Crippen LogP contribution is -1.92. The average molecular weight is 251 g/mol. The van der Waals surface area contributed by atoms with Crippen LogP contribution in [0, 0.1) is 0 Å². The highest BCUT2D eigenvalue weighted by molar-refractivity contribution is 8.14. The van der Waals surface area contributed by atoms with Crippen molar-refractivity contribution in [1.29, 1.82) is 0 Å². The third-order valence-corrected chi connectivity index (χ3v) is 3.41. The van der Waals surface area contributed by atoms with E-state index in [4.69, 9.17) is 22.3 Å². The molecule has 0 radical (unpaired) electrons. The SMILES string of the molecule is O=S(=O)(Cl)c1ccnc2[nH]cc(Cl)c12. The molecular weight excluding hydrogens is 247 g/mol. The van der Waals surface area contributed by atoms with E-state index in [1.54, 1.807) is 0 Å². The quantitative estimate of drug-likeness (QED) is 0.790. The van der Waals surface area contributed by atoms with E-state index in [0.717, 1.165) is 0 Å². The molecule has 2 aromatic rings.